The van der Waals surface area contributed by atoms with Crippen LogP contribution in [0, 0.1) is 0 Å². The second kappa shape index (κ2) is 9.91. The summed E-state index contributed by atoms with van der Waals surface area (Å²) in [6.07, 6.45) is 1.59. The summed E-state index contributed by atoms with van der Waals surface area (Å²) in [6, 6.07) is 14.8. The molecule has 4 heteroatoms. The van der Waals surface area contributed by atoms with Crippen LogP contribution in [0.1, 0.15) is 66.0 Å². The Balaban J connectivity index is 1.83. The maximum absolute atomic E-state index is 12.2. The molecule has 0 heterocycles. The molecule has 0 bridgehead atoms. The van der Waals surface area contributed by atoms with Crippen molar-refractivity contribution < 1.29 is 19.1 Å². The van der Waals surface area contributed by atoms with Gasteiger partial charge < -0.3 is 9.47 Å². The van der Waals surface area contributed by atoms with E-state index in [1.165, 1.54) is 11.1 Å². The van der Waals surface area contributed by atoms with Crippen LogP contribution in [-0.4, -0.2) is 24.1 Å². The largest absolute Gasteiger partial charge is 0.459 e. The summed E-state index contributed by atoms with van der Waals surface area (Å²) < 4.78 is 10.9. The van der Waals surface area contributed by atoms with Crippen molar-refractivity contribution in [2.24, 2.45) is 0 Å². The fourth-order valence-corrected chi connectivity index (χ4v) is 2.82. The van der Waals surface area contributed by atoms with Crippen LogP contribution in [0.3, 0.4) is 0 Å². The molecule has 144 valence electrons. The van der Waals surface area contributed by atoms with Crippen LogP contribution in [0.15, 0.2) is 48.5 Å². The van der Waals surface area contributed by atoms with E-state index in [1.54, 1.807) is 38.1 Å². The van der Waals surface area contributed by atoms with Crippen LogP contribution in [0.25, 0.3) is 0 Å². The van der Waals surface area contributed by atoms with Crippen LogP contribution < -0.4 is 0 Å². The van der Waals surface area contributed by atoms with Crippen molar-refractivity contribution in [2.75, 3.05) is 0 Å². The molecule has 0 spiro atoms. The minimum Gasteiger partial charge on any atom is -0.459 e. The van der Waals surface area contributed by atoms with E-state index in [1.807, 2.05) is 24.3 Å². The number of aryl methyl sites for hydroxylation is 2. The topological polar surface area (TPSA) is 52.6 Å². The summed E-state index contributed by atoms with van der Waals surface area (Å²) in [7, 11) is 0. The van der Waals surface area contributed by atoms with Crippen molar-refractivity contribution in [3.8, 4) is 0 Å². The Morgan fingerprint density at radius 2 is 1.04 bits per heavy atom. The van der Waals surface area contributed by atoms with Gasteiger partial charge in [0.2, 0.25) is 0 Å². The Morgan fingerprint density at radius 3 is 1.33 bits per heavy atom. The van der Waals surface area contributed by atoms with Gasteiger partial charge in [-0.3, -0.25) is 0 Å². The van der Waals surface area contributed by atoms with Gasteiger partial charge in [-0.05, 0) is 62.1 Å². The second-order valence-electron chi connectivity index (χ2n) is 6.77. The van der Waals surface area contributed by atoms with Crippen LogP contribution in [0.4, 0.5) is 0 Å². The van der Waals surface area contributed by atoms with Gasteiger partial charge in [-0.1, -0.05) is 38.1 Å². The number of carbonyl (C=O) groups excluding carboxylic acids is 2. The lowest BCUT2D eigenvalue weighted by Gasteiger charge is -2.18. The molecule has 0 saturated heterocycles. The van der Waals surface area contributed by atoms with Gasteiger partial charge in [0.15, 0.2) is 0 Å². The lowest BCUT2D eigenvalue weighted by Crippen LogP contribution is -2.23. The van der Waals surface area contributed by atoms with Gasteiger partial charge >= 0.3 is 11.9 Å². The van der Waals surface area contributed by atoms with Crippen molar-refractivity contribution >= 4 is 11.9 Å². The predicted octanol–water partition coefficient (Wildman–Crippen LogP) is 4.99. The number of benzene rings is 2. The van der Waals surface area contributed by atoms with Crippen molar-refractivity contribution in [1.29, 1.82) is 0 Å². The smallest absolute Gasteiger partial charge is 0.338 e. The van der Waals surface area contributed by atoms with Gasteiger partial charge in [-0.25, -0.2) is 9.59 Å². The highest BCUT2D eigenvalue weighted by Crippen LogP contribution is 2.13. The van der Waals surface area contributed by atoms with Gasteiger partial charge in [0.25, 0.3) is 0 Å². The quantitative estimate of drug-likeness (QED) is 0.616. The Hall–Kier alpha value is -2.62. The van der Waals surface area contributed by atoms with E-state index < -0.39 is 0 Å². The van der Waals surface area contributed by atoms with E-state index in [0.29, 0.717) is 17.5 Å². The van der Waals surface area contributed by atoms with Crippen LogP contribution in [-0.2, 0) is 22.3 Å². The Morgan fingerprint density at radius 1 is 0.704 bits per heavy atom. The molecular weight excluding hydrogens is 340 g/mol. The fourth-order valence-electron chi connectivity index (χ4n) is 2.82. The minimum atomic E-state index is -0.362. The summed E-state index contributed by atoms with van der Waals surface area (Å²) in [4.78, 5) is 24.4. The van der Waals surface area contributed by atoms with E-state index >= 15 is 0 Å². The first kappa shape index (κ1) is 20.7. The average molecular weight is 368 g/mol. The molecule has 27 heavy (non-hydrogen) atoms. The van der Waals surface area contributed by atoms with E-state index in [0.717, 1.165) is 12.8 Å². The second-order valence-corrected chi connectivity index (χ2v) is 6.77. The Labute approximate surface area is 161 Å². The Bertz CT molecular complexity index is 681. The number of hydrogen-bond acceptors (Lipinski definition) is 4. The molecule has 2 aromatic carbocycles. The molecule has 0 fully saturated rings. The van der Waals surface area contributed by atoms with E-state index in [-0.39, 0.29) is 24.1 Å². The molecule has 0 aliphatic rings. The molecule has 0 aromatic heterocycles. The summed E-state index contributed by atoms with van der Waals surface area (Å²) in [5.41, 5.74) is 3.40. The zero-order valence-corrected chi connectivity index (χ0v) is 16.5. The van der Waals surface area contributed by atoms with E-state index in [2.05, 4.69) is 13.8 Å². The maximum Gasteiger partial charge on any atom is 0.338 e. The zero-order chi connectivity index (χ0) is 19.8. The third kappa shape index (κ3) is 6.24. The molecular formula is C23H28O4. The number of hydrogen-bond donors (Lipinski definition) is 0. The summed E-state index contributed by atoms with van der Waals surface area (Å²) in [5.74, 6) is -0.724. The number of carbonyl (C=O) groups is 2. The Kier molecular flexibility index (Phi) is 7.59. The molecule has 2 rings (SSSR count). The monoisotopic (exact) mass is 368 g/mol. The summed E-state index contributed by atoms with van der Waals surface area (Å²) >= 11 is 0. The number of esters is 2. The van der Waals surface area contributed by atoms with Gasteiger partial charge in [-0.15, -0.1) is 0 Å². The lowest BCUT2D eigenvalue weighted by molar-refractivity contribution is 0.00764. The molecule has 0 radical (unpaired) electrons. The van der Waals surface area contributed by atoms with Gasteiger partial charge in [0, 0.05) is 6.42 Å². The minimum absolute atomic E-state index is 0.353. The van der Waals surface area contributed by atoms with Gasteiger partial charge in [-0.2, -0.15) is 0 Å². The van der Waals surface area contributed by atoms with Crippen molar-refractivity contribution in [3.05, 3.63) is 70.8 Å². The third-order valence-electron chi connectivity index (χ3n) is 4.48. The summed E-state index contributed by atoms with van der Waals surface area (Å²) in [6.45, 7) is 7.74. The van der Waals surface area contributed by atoms with Gasteiger partial charge in [0.1, 0.15) is 12.2 Å². The SMILES string of the molecule is CCc1ccc(C(=O)OC(C)CC(C)OC(=O)c2ccc(CC)cc2)cc1. The van der Waals surface area contributed by atoms with Crippen LogP contribution >= 0.6 is 0 Å². The molecule has 4 nitrogen and oxygen atoms in total. The predicted molar refractivity (Wildman–Crippen MR) is 106 cm³/mol. The molecule has 0 amide bonds. The van der Waals surface area contributed by atoms with Crippen molar-refractivity contribution in [3.63, 3.8) is 0 Å². The molecule has 0 N–H and O–H groups in total. The highest BCUT2D eigenvalue weighted by atomic mass is 16.6. The first-order chi connectivity index (χ1) is 12.9. The first-order valence-electron chi connectivity index (χ1n) is 9.52. The molecule has 0 aliphatic heterocycles. The van der Waals surface area contributed by atoms with E-state index in [4.69, 9.17) is 9.47 Å². The first-order valence-corrected chi connectivity index (χ1v) is 9.52. The normalized spacial score (nSPS) is 12.9. The van der Waals surface area contributed by atoms with Crippen molar-refractivity contribution in [1.82, 2.24) is 0 Å². The zero-order valence-electron chi connectivity index (χ0n) is 16.5. The highest BCUT2D eigenvalue weighted by Gasteiger charge is 2.18. The van der Waals surface area contributed by atoms with Crippen LogP contribution in [0.5, 0.6) is 0 Å². The molecule has 2 atom stereocenters. The van der Waals surface area contributed by atoms with Gasteiger partial charge in [0.05, 0.1) is 11.1 Å². The standard InChI is InChI=1S/C23H28O4/c1-5-18-7-11-20(12-8-18)22(24)26-16(3)15-17(4)27-23(25)21-13-9-19(6-2)10-14-21/h7-14,16-17H,5-6,15H2,1-4H3. The molecule has 0 aliphatic carbocycles. The molecule has 2 aromatic rings. The highest BCUT2D eigenvalue weighted by molar-refractivity contribution is 5.90. The van der Waals surface area contributed by atoms with E-state index in [9.17, 15) is 9.59 Å². The summed E-state index contributed by atoms with van der Waals surface area (Å²) in [5, 5.41) is 0. The van der Waals surface area contributed by atoms with Crippen LogP contribution in [0.2, 0.25) is 0 Å². The van der Waals surface area contributed by atoms with Crippen molar-refractivity contribution in [2.45, 2.75) is 59.2 Å². The average Bonchev–Trinajstić information content (AvgIpc) is 2.67. The molecule has 2 unspecified atom stereocenters. The molecule has 0 saturated carbocycles. The fraction of sp³-hybridized carbons (Fsp3) is 0.391. The number of rotatable bonds is 8. The number of ether oxygens (including phenoxy) is 2. The lowest BCUT2D eigenvalue weighted by atomic mass is 10.1. The third-order valence-corrected chi connectivity index (χ3v) is 4.48. The maximum atomic E-state index is 12.2.